The zero-order chi connectivity index (χ0) is 43.1. The smallest absolute Gasteiger partial charge is 0.418 e. The van der Waals surface area contributed by atoms with Crippen molar-refractivity contribution in [3.63, 3.8) is 0 Å². The van der Waals surface area contributed by atoms with Gasteiger partial charge in [0.1, 0.15) is 0 Å². The molecule has 0 saturated carbocycles. The Morgan fingerprint density at radius 1 is 0.917 bits per heavy atom. The van der Waals surface area contributed by atoms with E-state index in [2.05, 4.69) is 15.1 Å². The van der Waals surface area contributed by atoms with E-state index in [1.54, 1.807) is 23.9 Å². The molecule has 4 aliphatic heterocycles. The van der Waals surface area contributed by atoms with Crippen molar-refractivity contribution in [2.45, 2.75) is 69.3 Å². The molecule has 6 rings (SSSR count). The third kappa shape index (κ3) is 11.3. The molecule has 19 heteroatoms. The van der Waals surface area contributed by atoms with E-state index >= 15 is 0 Å². The Hall–Kier alpha value is -4.81. The van der Waals surface area contributed by atoms with E-state index in [4.69, 9.17) is 26.8 Å². The molecule has 0 bridgehead atoms. The lowest BCUT2D eigenvalue weighted by Crippen LogP contribution is -2.56. The summed E-state index contributed by atoms with van der Waals surface area (Å²) in [6.45, 7) is 4.58. The maximum absolute atomic E-state index is 14.2. The summed E-state index contributed by atoms with van der Waals surface area (Å²) in [7, 11) is 3.19. The van der Waals surface area contributed by atoms with E-state index in [1.165, 1.54) is 15.9 Å². The number of hydrogen-bond donors (Lipinski definition) is 2. The summed E-state index contributed by atoms with van der Waals surface area (Å²) >= 11 is 6.14. The SMILES string of the molecule is CN(C)C(=O)COC(=O)CCN1CCC(N2CCN(C(=O)[C@@H](Cc3cc(Cl)c(N)c(C(F)(F)F)c3)OC(=O)N3CCC(N4CCc5ccccc5NC4=O)CC3)CC2)CC1. The van der Waals surface area contributed by atoms with E-state index in [9.17, 15) is 37.1 Å². The standard InChI is InChI=1S/C41H54ClF3N8O7/c1-48(2)35(54)26-59-36(55)12-15-49-13-8-29(9-14-49)50-19-21-51(22-20-50)38(56)34(25-27-23-31(41(43,44)45)37(46)32(42)24-27)60-40(58)52-16-10-30(11-17-52)53-18-7-28-5-3-4-6-33(28)47-39(53)57/h3-6,23-24,29-30,34H,7-22,25-26,46H2,1-2H3,(H,47,57)/t34-/m1/s1. The van der Waals surface area contributed by atoms with Crippen LogP contribution in [0.1, 0.15) is 48.8 Å². The largest absolute Gasteiger partial charge is 0.456 e. The van der Waals surface area contributed by atoms with Gasteiger partial charge in [-0.25, -0.2) is 9.59 Å². The first-order chi connectivity index (χ1) is 28.6. The molecule has 2 aromatic rings. The van der Waals surface area contributed by atoms with Crippen LogP contribution in [0.15, 0.2) is 36.4 Å². The molecular formula is C41H54ClF3N8O7. The number of carbonyl (C=O) groups excluding carboxylic acids is 5. The number of nitrogen functional groups attached to an aromatic ring is 1. The molecule has 5 amide bonds. The zero-order valence-electron chi connectivity index (χ0n) is 34.1. The van der Waals surface area contributed by atoms with Crippen molar-refractivity contribution in [2.75, 3.05) is 97.2 Å². The number of likely N-dealkylation sites (tertiary alicyclic amines) is 2. The summed E-state index contributed by atoms with van der Waals surface area (Å²) < 4.78 is 52.7. The van der Waals surface area contributed by atoms with Crippen LogP contribution in [-0.2, 0) is 42.9 Å². The Morgan fingerprint density at radius 3 is 2.25 bits per heavy atom. The van der Waals surface area contributed by atoms with E-state index in [0.717, 1.165) is 43.2 Å². The number of amides is 5. The summed E-state index contributed by atoms with van der Waals surface area (Å²) in [5, 5.41) is 2.66. The van der Waals surface area contributed by atoms with Crippen molar-refractivity contribution in [1.29, 1.82) is 0 Å². The molecule has 3 N–H and O–H groups in total. The van der Waals surface area contributed by atoms with E-state index in [0.29, 0.717) is 58.5 Å². The Bertz CT molecular complexity index is 1880. The minimum absolute atomic E-state index is 0.0419. The van der Waals surface area contributed by atoms with Gasteiger partial charge in [-0.15, -0.1) is 0 Å². The number of benzene rings is 2. The number of halogens is 4. The minimum atomic E-state index is -4.80. The molecule has 0 spiro atoms. The highest BCUT2D eigenvalue weighted by Gasteiger charge is 2.38. The lowest BCUT2D eigenvalue weighted by atomic mass is 10.0. The number of hydrogen-bond acceptors (Lipinski definition) is 10. The van der Waals surface area contributed by atoms with Crippen molar-refractivity contribution >= 4 is 52.9 Å². The molecule has 0 unspecified atom stereocenters. The Labute approximate surface area is 352 Å². The molecule has 60 heavy (non-hydrogen) atoms. The van der Waals surface area contributed by atoms with Crippen LogP contribution in [-0.4, -0.2) is 164 Å². The number of piperazine rings is 1. The van der Waals surface area contributed by atoms with Crippen LogP contribution in [0, 0.1) is 0 Å². The molecule has 4 heterocycles. The number of anilines is 2. The summed E-state index contributed by atoms with van der Waals surface area (Å²) in [6.07, 6.45) is -3.82. The number of urea groups is 1. The van der Waals surface area contributed by atoms with Crippen molar-refractivity contribution in [3.8, 4) is 0 Å². The normalized spacial score (nSPS) is 19.2. The molecule has 15 nitrogen and oxygen atoms in total. The number of nitrogens with one attached hydrogen (secondary N) is 1. The molecular weight excluding hydrogens is 809 g/mol. The third-order valence-corrected chi connectivity index (χ3v) is 12.2. The quantitative estimate of drug-likeness (QED) is 0.248. The van der Waals surface area contributed by atoms with Crippen molar-refractivity contribution in [1.82, 2.24) is 29.4 Å². The fourth-order valence-corrected chi connectivity index (χ4v) is 8.57. The predicted octanol–water partition coefficient (Wildman–Crippen LogP) is 4.17. The number of ether oxygens (including phenoxy) is 2. The molecule has 3 fully saturated rings. The maximum Gasteiger partial charge on any atom is 0.418 e. The predicted molar refractivity (Wildman–Crippen MR) is 217 cm³/mol. The maximum atomic E-state index is 14.2. The van der Waals surface area contributed by atoms with Gasteiger partial charge in [0, 0.05) is 90.6 Å². The second-order valence-corrected chi connectivity index (χ2v) is 16.4. The summed E-state index contributed by atoms with van der Waals surface area (Å²) in [4.78, 5) is 75.5. The van der Waals surface area contributed by atoms with Gasteiger partial charge in [-0.2, -0.15) is 13.2 Å². The highest BCUT2D eigenvalue weighted by molar-refractivity contribution is 6.33. The number of nitrogens with two attached hydrogens (primary N) is 1. The average Bonchev–Trinajstić information content (AvgIpc) is 3.40. The number of nitrogens with zero attached hydrogens (tertiary/aromatic N) is 6. The molecule has 1 atom stereocenters. The van der Waals surface area contributed by atoms with Crippen molar-refractivity contribution in [3.05, 3.63) is 58.1 Å². The highest BCUT2D eigenvalue weighted by Crippen LogP contribution is 2.38. The van der Waals surface area contributed by atoms with Gasteiger partial charge in [0.25, 0.3) is 11.8 Å². The van der Waals surface area contributed by atoms with Crippen LogP contribution < -0.4 is 11.1 Å². The number of rotatable bonds is 11. The van der Waals surface area contributed by atoms with Crippen LogP contribution in [0.25, 0.3) is 0 Å². The Balaban J connectivity index is 1.04. The number of carbonyl (C=O) groups is 5. The number of esters is 1. The Morgan fingerprint density at radius 2 is 1.58 bits per heavy atom. The lowest BCUT2D eigenvalue weighted by molar-refractivity contribution is -0.151. The fraction of sp³-hybridized carbons (Fsp3) is 0.585. The van der Waals surface area contributed by atoms with Crippen LogP contribution in [0.5, 0.6) is 0 Å². The van der Waals surface area contributed by atoms with Crippen LogP contribution in [0.2, 0.25) is 5.02 Å². The molecule has 2 aromatic carbocycles. The summed E-state index contributed by atoms with van der Waals surface area (Å²) in [5.41, 5.74) is 5.78. The van der Waals surface area contributed by atoms with Gasteiger partial charge in [0.15, 0.2) is 12.7 Å². The van der Waals surface area contributed by atoms with Gasteiger partial charge in [-0.3, -0.25) is 19.3 Å². The average molecular weight is 863 g/mol. The topological polar surface area (TPSA) is 161 Å². The summed E-state index contributed by atoms with van der Waals surface area (Å²) in [5.74, 6) is -1.23. The first kappa shape index (κ1) is 44.7. The second kappa shape index (κ2) is 19.7. The molecule has 3 saturated heterocycles. The molecule has 0 aliphatic carbocycles. The van der Waals surface area contributed by atoms with Crippen LogP contribution in [0.4, 0.5) is 34.1 Å². The zero-order valence-corrected chi connectivity index (χ0v) is 34.8. The van der Waals surface area contributed by atoms with E-state index in [-0.39, 0.29) is 67.1 Å². The van der Waals surface area contributed by atoms with Gasteiger partial charge in [0.05, 0.1) is 22.7 Å². The lowest BCUT2D eigenvalue weighted by Gasteiger charge is -2.43. The minimum Gasteiger partial charge on any atom is -0.456 e. The number of alkyl halides is 3. The van der Waals surface area contributed by atoms with Gasteiger partial charge >= 0.3 is 24.3 Å². The highest BCUT2D eigenvalue weighted by atomic mass is 35.5. The van der Waals surface area contributed by atoms with E-state index in [1.807, 2.05) is 24.3 Å². The van der Waals surface area contributed by atoms with Crippen molar-refractivity contribution < 1.29 is 46.6 Å². The first-order valence-electron chi connectivity index (χ1n) is 20.4. The van der Waals surface area contributed by atoms with Crippen LogP contribution >= 0.6 is 11.6 Å². The van der Waals surface area contributed by atoms with Gasteiger partial charge in [-0.1, -0.05) is 29.8 Å². The van der Waals surface area contributed by atoms with Crippen molar-refractivity contribution in [2.24, 2.45) is 0 Å². The van der Waals surface area contributed by atoms with E-state index < -0.39 is 41.5 Å². The van der Waals surface area contributed by atoms with Gasteiger partial charge < -0.3 is 45.0 Å². The first-order valence-corrected chi connectivity index (χ1v) is 20.8. The van der Waals surface area contributed by atoms with Gasteiger partial charge in [-0.05, 0) is 74.5 Å². The molecule has 4 aliphatic rings. The number of para-hydroxylation sites is 1. The summed E-state index contributed by atoms with van der Waals surface area (Å²) in [6, 6.07) is 9.66. The van der Waals surface area contributed by atoms with Gasteiger partial charge in [0.2, 0.25) is 0 Å². The Kier molecular flexibility index (Phi) is 14.7. The van der Waals surface area contributed by atoms with Crippen LogP contribution in [0.3, 0.4) is 0 Å². The number of fused-ring (bicyclic) bond motifs is 1. The monoisotopic (exact) mass is 862 g/mol. The second-order valence-electron chi connectivity index (χ2n) is 16.0. The third-order valence-electron chi connectivity index (χ3n) is 11.9. The molecule has 0 radical (unpaired) electrons. The molecule has 0 aromatic heterocycles. The number of piperidine rings is 2. The molecule has 328 valence electrons. The fourth-order valence-electron chi connectivity index (χ4n) is 8.33. The number of likely N-dealkylation sites (N-methyl/N-ethyl adjacent to an activating group) is 1.